The fraction of sp³-hybridized carbons (Fsp3) is 0.429. The van der Waals surface area contributed by atoms with E-state index in [0.717, 1.165) is 25.1 Å². The molecule has 1 aromatic carbocycles. The summed E-state index contributed by atoms with van der Waals surface area (Å²) in [5.74, 6) is 0.311. The van der Waals surface area contributed by atoms with Crippen molar-refractivity contribution in [1.82, 2.24) is 9.97 Å². The zero-order valence-corrected chi connectivity index (χ0v) is 11.5. The van der Waals surface area contributed by atoms with Crippen LogP contribution in [0.1, 0.15) is 19.8 Å². The Morgan fingerprint density at radius 1 is 1.50 bits per heavy atom. The van der Waals surface area contributed by atoms with E-state index in [4.69, 9.17) is 10.8 Å². The molecule has 0 fully saturated rings. The van der Waals surface area contributed by atoms with Crippen LogP contribution in [0.3, 0.4) is 0 Å². The number of hydrogen-bond donors (Lipinski definition) is 4. The lowest BCUT2D eigenvalue weighted by molar-refractivity contribution is 0.229. The Balaban J connectivity index is 2.07. The molecule has 0 aliphatic carbocycles. The van der Waals surface area contributed by atoms with Gasteiger partial charge in [-0.15, -0.1) is 0 Å². The highest BCUT2D eigenvalue weighted by atomic mass is 16.3. The summed E-state index contributed by atoms with van der Waals surface area (Å²) in [6, 6.07) is 3.43. The summed E-state index contributed by atoms with van der Waals surface area (Å²) in [7, 11) is 0. The van der Waals surface area contributed by atoms with Gasteiger partial charge in [0.1, 0.15) is 0 Å². The third-order valence-electron chi connectivity index (χ3n) is 3.31. The molecular formula is C14H20N4O2. The minimum absolute atomic E-state index is 0.190. The summed E-state index contributed by atoms with van der Waals surface area (Å²) in [5.41, 5.74) is 7.69. The standard InChI is InChI=1S/C14H20N4O2/c1-9(7-19)3-2-4-16-13-6-12-10(5-11(13)15)14(20)18-8-17-12/h5-6,8-9,16,19H,2-4,7,15H2,1H3,(H,17,18,20). The highest BCUT2D eigenvalue weighted by Gasteiger charge is 2.06. The van der Waals surface area contributed by atoms with Gasteiger partial charge in [0.15, 0.2) is 0 Å². The first-order valence-electron chi connectivity index (χ1n) is 6.73. The van der Waals surface area contributed by atoms with Crippen molar-refractivity contribution in [3.05, 3.63) is 28.8 Å². The quantitative estimate of drug-likeness (QED) is 0.470. The number of benzene rings is 1. The first-order valence-corrected chi connectivity index (χ1v) is 6.73. The smallest absolute Gasteiger partial charge is 0.258 e. The van der Waals surface area contributed by atoms with Gasteiger partial charge >= 0.3 is 0 Å². The van der Waals surface area contributed by atoms with Gasteiger partial charge in [-0.05, 0) is 30.9 Å². The van der Waals surface area contributed by atoms with Gasteiger partial charge in [-0.1, -0.05) is 6.92 Å². The van der Waals surface area contributed by atoms with E-state index in [1.54, 1.807) is 12.1 Å². The topological polar surface area (TPSA) is 104 Å². The second-order valence-corrected chi connectivity index (χ2v) is 5.05. The number of H-pyrrole nitrogens is 1. The molecule has 0 amide bonds. The number of aromatic nitrogens is 2. The third kappa shape index (κ3) is 3.27. The first kappa shape index (κ1) is 14.3. The van der Waals surface area contributed by atoms with Gasteiger partial charge in [0.05, 0.1) is 28.6 Å². The Bertz CT molecular complexity index is 639. The lowest BCUT2D eigenvalue weighted by Crippen LogP contribution is -2.10. The van der Waals surface area contributed by atoms with Gasteiger partial charge in [0, 0.05) is 13.2 Å². The molecule has 6 heteroatoms. The van der Waals surface area contributed by atoms with Crippen molar-refractivity contribution in [3.8, 4) is 0 Å². The summed E-state index contributed by atoms with van der Waals surface area (Å²) in [6.45, 7) is 2.99. The average molecular weight is 276 g/mol. The molecule has 5 N–H and O–H groups in total. The SMILES string of the molecule is CC(CO)CCCNc1cc2nc[nH]c(=O)c2cc1N. The van der Waals surface area contributed by atoms with E-state index in [1.807, 2.05) is 6.92 Å². The van der Waals surface area contributed by atoms with E-state index >= 15 is 0 Å². The van der Waals surface area contributed by atoms with E-state index in [-0.39, 0.29) is 12.2 Å². The maximum absolute atomic E-state index is 11.6. The minimum atomic E-state index is -0.190. The lowest BCUT2D eigenvalue weighted by atomic mass is 10.1. The third-order valence-corrected chi connectivity index (χ3v) is 3.31. The zero-order chi connectivity index (χ0) is 14.5. The molecule has 108 valence electrons. The molecule has 6 nitrogen and oxygen atoms in total. The van der Waals surface area contributed by atoms with Crippen LogP contribution in [0.15, 0.2) is 23.3 Å². The van der Waals surface area contributed by atoms with Crippen molar-refractivity contribution in [2.45, 2.75) is 19.8 Å². The molecule has 0 bridgehead atoms. The van der Waals surface area contributed by atoms with Crippen LogP contribution in [-0.4, -0.2) is 28.2 Å². The normalized spacial score (nSPS) is 12.5. The largest absolute Gasteiger partial charge is 0.397 e. The number of aliphatic hydroxyl groups is 1. The molecule has 2 rings (SSSR count). The molecule has 20 heavy (non-hydrogen) atoms. The molecule has 1 atom stereocenters. The van der Waals surface area contributed by atoms with Crippen LogP contribution < -0.4 is 16.6 Å². The van der Waals surface area contributed by atoms with Crippen LogP contribution in [0, 0.1) is 5.92 Å². The van der Waals surface area contributed by atoms with Gasteiger partial charge in [0.2, 0.25) is 0 Å². The molecule has 0 aliphatic heterocycles. The van der Waals surface area contributed by atoms with E-state index in [0.29, 0.717) is 22.5 Å². The highest BCUT2D eigenvalue weighted by molar-refractivity contribution is 5.88. The fourth-order valence-electron chi connectivity index (χ4n) is 2.05. The summed E-state index contributed by atoms with van der Waals surface area (Å²) in [6.07, 6.45) is 3.28. The van der Waals surface area contributed by atoms with Gasteiger partial charge in [0.25, 0.3) is 5.56 Å². The average Bonchev–Trinajstić information content (AvgIpc) is 2.44. The van der Waals surface area contributed by atoms with Crippen LogP contribution in [0.4, 0.5) is 11.4 Å². The van der Waals surface area contributed by atoms with E-state index < -0.39 is 0 Å². The van der Waals surface area contributed by atoms with Crippen LogP contribution in [-0.2, 0) is 0 Å². The number of nitrogen functional groups attached to an aromatic ring is 1. The molecule has 0 saturated heterocycles. The summed E-state index contributed by atoms with van der Waals surface area (Å²) < 4.78 is 0. The van der Waals surface area contributed by atoms with Crippen molar-refractivity contribution >= 4 is 22.3 Å². The summed E-state index contributed by atoms with van der Waals surface area (Å²) in [4.78, 5) is 18.3. The molecule has 0 radical (unpaired) electrons. The van der Waals surface area contributed by atoms with E-state index in [1.165, 1.54) is 6.33 Å². The molecule has 0 spiro atoms. The number of rotatable bonds is 6. The molecule has 1 heterocycles. The fourth-order valence-corrected chi connectivity index (χ4v) is 2.05. The van der Waals surface area contributed by atoms with Crippen LogP contribution >= 0.6 is 0 Å². The van der Waals surface area contributed by atoms with Crippen molar-refractivity contribution in [1.29, 1.82) is 0 Å². The number of nitrogens with two attached hydrogens (primary N) is 1. The van der Waals surface area contributed by atoms with E-state index in [2.05, 4.69) is 15.3 Å². The van der Waals surface area contributed by atoms with Gasteiger partial charge < -0.3 is 21.1 Å². The zero-order valence-electron chi connectivity index (χ0n) is 11.5. The minimum Gasteiger partial charge on any atom is -0.397 e. The molecular weight excluding hydrogens is 256 g/mol. The Labute approximate surface area is 117 Å². The number of fused-ring (bicyclic) bond motifs is 1. The van der Waals surface area contributed by atoms with Gasteiger partial charge in [-0.2, -0.15) is 0 Å². The Morgan fingerprint density at radius 3 is 3.05 bits per heavy atom. The number of aromatic amines is 1. The lowest BCUT2D eigenvalue weighted by Gasteiger charge is -2.11. The maximum atomic E-state index is 11.6. The number of hydrogen-bond acceptors (Lipinski definition) is 5. The number of nitrogens with zero attached hydrogens (tertiary/aromatic N) is 1. The number of nitrogens with one attached hydrogen (secondary N) is 2. The van der Waals surface area contributed by atoms with Crippen LogP contribution in [0.5, 0.6) is 0 Å². The molecule has 1 aromatic heterocycles. The highest BCUT2D eigenvalue weighted by Crippen LogP contribution is 2.22. The summed E-state index contributed by atoms with van der Waals surface area (Å²) in [5, 5.41) is 12.7. The molecule has 0 aliphatic rings. The predicted molar refractivity (Wildman–Crippen MR) is 80.7 cm³/mol. The molecule has 1 unspecified atom stereocenters. The first-order chi connectivity index (χ1) is 9.61. The number of aliphatic hydroxyl groups excluding tert-OH is 1. The maximum Gasteiger partial charge on any atom is 0.258 e. The second-order valence-electron chi connectivity index (χ2n) is 5.05. The second kappa shape index (κ2) is 6.38. The van der Waals surface area contributed by atoms with Crippen molar-refractivity contribution in [3.63, 3.8) is 0 Å². The Morgan fingerprint density at radius 2 is 2.30 bits per heavy atom. The van der Waals surface area contributed by atoms with Crippen molar-refractivity contribution in [2.75, 3.05) is 24.2 Å². The Hall–Kier alpha value is -2.08. The predicted octanol–water partition coefficient (Wildman–Crippen LogP) is 1.33. The van der Waals surface area contributed by atoms with E-state index in [9.17, 15) is 4.79 Å². The van der Waals surface area contributed by atoms with Crippen molar-refractivity contribution < 1.29 is 5.11 Å². The van der Waals surface area contributed by atoms with Crippen molar-refractivity contribution in [2.24, 2.45) is 5.92 Å². The van der Waals surface area contributed by atoms with Crippen LogP contribution in [0.25, 0.3) is 10.9 Å². The Kier molecular flexibility index (Phi) is 4.57. The monoisotopic (exact) mass is 276 g/mol. The molecule has 0 saturated carbocycles. The summed E-state index contributed by atoms with van der Waals surface area (Å²) >= 11 is 0. The molecule has 2 aromatic rings. The number of anilines is 2. The van der Waals surface area contributed by atoms with Crippen LogP contribution in [0.2, 0.25) is 0 Å². The van der Waals surface area contributed by atoms with Gasteiger partial charge in [-0.25, -0.2) is 4.98 Å². The van der Waals surface area contributed by atoms with Gasteiger partial charge in [-0.3, -0.25) is 4.79 Å².